The predicted octanol–water partition coefficient (Wildman–Crippen LogP) is 4.44. The fraction of sp³-hybridized carbons (Fsp3) is 1.00. The second kappa shape index (κ2) is 5.65. The van der Waals surface area contributed by atoms with Crippen LogP contribution in [0.1, 0.15) is 39.0 Å². The van der Waals surface area contributed by atoms with Crippen LogP contribution in [0.3, 0.4) is 0 Å². The molecule has 0 spiro atoms. The lowest BCUT2D eigenvalue weighted by Crippen LogP contribution is -2.07. The largest absolute Gasteiger partial charge is 0.346 e. The molecule has 0 bridgehead atoms. The van der Waals surface area contributed by atoms with E-state index in [1.54, 1.807) is 0 Å². The Morgan fingerprint density at radius 2 is 2.08 bits per heavy atom. The van der Waals surface area contributed by atoms with Gasteiger partial charge in [-0.3, -0.25) is 4.57 Å². The predicted molar refractivity (Wildman–Crippen MR) is 59.5 cm³/mol. The van der Waals surface area contributed by atoms with Gasteiger partial charge in [-0.1, -0.05) is 30.6 Å². The molecule has 1 aliphatic carbocycles. The summed E-state index contributed by atoms with van der Waals surface area (Å²) in [4.78, 5) is 0. The molecule has 0 N–H and O–H groups in total. The minimum atomic E-state index is -2.87. The molecule has 0 radical (unpaired) electrons. The zero-order chi connectivity index (χ0) is 9.73. The molecule has 1 unspecified atom stereocenters. The van der Waals surface area contributed by atoms with Gasteiger partial charge in [0.15, 0.2) is 0 Å². The first-order chi connectivity index (χ1) is 6.14. The van der Waals surface area contributed by atoms with Gasteiger partial charge in [0, 0.05) is 5.25 Å². The van der Waals surface area contributed by atoms with Crippen LogP contribution in [-0.2, 0) is 9.09 Å². The smallest absolute Gasteiger partial charge is 0.310 e. The van der Waals surface area contributed by atoms with Crippen molar-refractivity contribution in [3.05, 3.63) is 0 Å². The topological polar surface area (TPSA) is 26.3 Å². The van der Waals surface area contributed by atoms with Gasteiger partial charge in [-0.05, 0) is 31.0 Å². The van der Waals surface area contributed by atoms with Crippen molar-refractivity contribution in [3.8, 4) is 0 Å². The molecular weight excluding hydrogens is 227 g/mol. The summed E-state index contributed by atoms with van der Waals surface area (Å²) in [5, 5.41) is 0.448. The van der Waals surface area contributed by atoms with E-state index in [0.717, 1.165) is 12.8 Å². The van der Waals surface area contributed by atoms with Gasteiger partial charge >= 0.3 is 5.92 Å². The van der Waals surface area contributed by atoms with Crippen molar-refractivity contribution < 1.29 is 9.09 Å². The lowest BCUT2D eigenvalue weighted by atomic mass is 10.0. The highest BCUT2D eigenvalue weighted by Crippen LogP contribution is 2.67. The zero-order valence-electron chi connectivity index (χ0n) is 7.87. The first-order valence-corrected chi connectivity index (χ1v) is 8.78. The van der Waals surface area contributed by atoms with Crippen LogP contribution in [-0.4, -0.2) is 11.9 Å². The first-order valence-electron chi connectivity index (χ1n) is 4.76. The SMILES string of the molecule is CCOP(=O)(Cl)SC1CCCCC1. The van der Waals surface area contributed by atoms with Crippen molar-refractivity contribution >= 4 is 28.5 Å². The Morgan fingerprint density at radius 1 is 1.46 bits per heavy atom. The second-order valence-corrected chi connectivity index (χ2v) is 9.22. The molecule has 1 saturated carbocycles. The van der Waals surface area contributed by atoms with Crippen molar-refractivity contribution in [1.29, 1.82) is 0 Å². The van der Waals surface area contributed by atoms with Gasteiger partial charge in [0.2, 0.25) is 0 Å². The molecule has 1 aliphatic rings. The zero-order valence-corrected chi connectivity index (χ0v) is 10.3. The highest BCUT2D eigenvalue weighted by Gasteiger charge is 2.26. The summed E-state index contributed by atoms with van der Waals surface area (Å²) in [6.07, 6.45) is 6.04. The van der Waals surface area contributed by atoms with E-state index in [-0.39, 0.29) is 0 Å². The maximum atomic E-state index is 11.6. The Kier molecular flexibility index (Phi) is 5.17. The monoisotopic (exact) mass is 242 g/mol. The summed E-state index contributed by atoms with van der Waals surface area (Å²) in [6.45, 7) is 2.25. The molecule has 1 rings (SSSR count). The van der Waals surface area contributed by atoms with Crippen LogP contribution in [0.4, 0.5) is 0 Å². The van der Waals surface area contributed by atoms with Gasteiger partial charge in [-0.2, -0.15) is 0 Å². The van der Waals surface area contributed by atoms with E-state index < -0.39 is 5.92 Å². The molecule has 1 fully saturated rings. The van der Waals surface area contributed by atoms with E-state index in [4.69, 9.17) is 15.8 Å². The molecule has 0 saturated heterocycles. The average molecular weight is 243 g/mol. The van der Waals surface area contributed by atoms with Crippen LogP contribution >= 0.6 is 28.5 Å². The lowest BCUT2D eigenvalue weighted by Gasteiger charge is -2.22. The van der Waals surface area contributed by atoms with E-state index in [0.29, 0.717) is 11.9 Å². The lowest BCUT2D eigenvalue weighted by molar-refractivity contribution is 0.356. The normalized spacial score (nSPS) is 24.2. The molecule has 0 amide bonds. The third kappa shape index (κ3) is 4.73. The van der Waals surface area contributed by atoms with Crippen molar-refractivity contribution in [2.24, 2.45) is 0 Å². The number of halogens is 1. The maximum absolute atomic E-state index is 11.6. The van der Waals surface area contributed by atoms with Crippen molar-refractivity contribution in [3.63, 3.8) is 0 Å². The molecule has 1 atom stereocenters. The maximum Gasteiger partial charge on any atom is 0.346 e. The fourth-order valence-electron chi connectivity index (χ4n) is 1.53. The van der Waals surface area contributed by atoms with Gasteiger partial charge < -0.3 is 4.52 Å². The third-order valence-electron chi connectivity index (χ3n) is 2.11. The Morgan fingerprint density at radius 3 is 2.62 bits per heavy atom. The van der Waals surface area contributed by atoms with Crippen molar-refractivity contribution in [2.75, 3.05) is 6.61 Å². The Labute approximate surface area is 88.7 Å². The highest BCUT2D eigenvalue weighted by molar-refractivity contribution is 8.64. The van der Waals surface area contributed by atoms with E-state index >= 15 is 0 Å². The van der Waals surface area contributed by atoms with Crippen molar-refractivity contribution in [1.82, 2.24) is 0 Å². The molecule has 13 heavy (non-hydrogen) atoms. The molecule has 5 heteroatoms. The molecule has 0 aromatic rings. The van der Waals surface area contributed by atoms with Gasteiger partial charge in [-0.25, -0.2) is 0 Å². The first kappa shape index (κ1) is 11.9. The summed E-state index contributed by atoms with van der Waals surface area (Å²) in [7, 11) is 0. The summed E-state index contributed by atoms with van der Waals surface area (Å²) >= 11 is 7.11. The fourth-order valence-corrected chi connectivity index (χ4v) is 6.31. The molecule has 0 aromatic carbocycles. The second-order valence-electron chi connectivity index (χ2n) is 3.21. The summed E-state index contributed by atoms with van der Waals surface area (Å²) in [6, 6.07) is 0. The van der Waals surface area contributed by atoms with Crippen molar-refractivity contribution in [2.45, 2.75) is 44.3 Å². The van der Waals surface area contributed by atoms with E-state index in [1.807, 2.05) is 6.92 Å². The Balaban J connectivity index is 2.32. The van der Waals surface area contributed by atoms with Gasteiger partial charge in [0.25, 0.3) is 0 Å². The van der Waals surface area contributed by atoms with Crippen LogP contribution in [0.2, 0.25) is 0 Å². The molecule has 2 nitrogen and oxygen atoms in total. The Bertz CT molecular complexity index is 195. The van der Waals surface area contributed by atoms with Gasteiger partial charge in [0.1, 0.15) is 0 Å². The van der Waals surface area contributed by atoms with Crippen LogP contribution in [0.15, 0.2) is 0 Å². The molecular formula is C8H16ClO2PS. The summed E-state index contributed by atoms with van der Waals surface area (Å²) in [5.74, 6) is -2.87. The number of hydrogen-bond donors (Lipinski definition) is 0. The number of hydrogen-bond acceptors (Lipinski definition) is 3. The minimum Gasteiger partial charge on any atom is -0.310 e. The molecule has 0 aromatic heterocycles. The highest BCUT2D eigenvalue weighted by atomic mass is 35.7. The van der Waals surface area contributed by atoms with Crippen LogP contribution < -0.4 is 0 Å². The van der Waals surface area contributed by atoms with Crippen LogP contribution in [0.5, 0.6) is 0 Å². The number of rotatable bonds is 4. The van der Waals surface area contributed by atoms with E-state index in [1.165, 1.54) is 30.6 Å². The van der Waals surface area contributed by atoms with Gasteiger partial charge in [0.05, 0.1) is 6.61 Å². The standard InChI is InChI=1S/C8H16ClO2PS/c1-2-11-12(9,10)13-8-6-4-3-5-7-8/h8H,2-7H2,1H3. The Hall–Kier alpha value is 0.830. The quantitative estimate of drug-likeness (QED) is 0.682. The molecule has 0 aliphatic heterocycles. The molecule has 78 valence electrons. The average Bonchev–Trinajstić information content (AvgIpc) is 2.04. The molecule has 0 heterocycles. The summed E-state index contributed by atoms with van der Waals surface area (Å²) in [5.41, 5.74) is 0. The minimum absolute atomic E-state index is 0.431. The summed E-state index contributed by atoms with van der Waals surface area (Å²) < 4.78 is 16.6. The van der Waals surface area contributed by atoms with Gasteiger partial charge in [-0.15, -0.1) is 0 Å². The van der Waals surface area contributed by atoms with E-state index in [9.17, 15) is 4.57 Å². The van der Waals surface area contributed by atoms with Crippen LogP contribution in [0, 0.1) is 0 Å². The van der Waals surface area contributed by atoms with Crippen LogP contribution in [0.25, 0.3) is 0 Å². The third-order valence-corrected chi connectivity index (χ3v) is 6.67. The van der Waals surface area contributed by atoms with E-state index in [2.05, 4.69) is 0 Å².